The third kappa shape index (κ3) is 2.67. The Kier molecular flexibility index (Phi) is 4.24. The maximum absolute atomic E-state index is 7.71. The highest BCUT2D eigenvalue weighted by Crippen LogP contribution is 2.31. The fourth-order valence-electron chi connectivity index (χ4n) is 2.47. The van der Waals surface area contributed by atoms with Crippen molar-refractivity contribution in [3.05, 3.63) is 28.2 Å². The molecule has 98 valence electrons. The van der Waals surface area contributed by atoms with E-state index in [1.807, 2.05) is 18.2 Å². The zero-order valence-electron chi connectivity index (χ0n) is 10.4. The van der Waals surface area contributed by atoms with E-state index in [0.29, 0.717) is 5.92 Å². The summed E-state index contributed by atoms with van der Waals surface area (Å²) in [6.45, 7) is 2.75. The molecule has 1 aliphatic heterocycles. The van der Waals surface area contributed by atoms with Gasteiger partial charge in [0.15, 0.2) is 0 Å². The first-order valence-corrected chi connectivity index (χ1v) is 6.79. The molecule has 5 heteroatoms. The van der Waals surface area contributed by atoms with E-state index in [0.717, 1.165) is 41.8 Å². The fourth-order valence-corrected chi connectivity index (χ4v) is 3.04. The van der Waals surface area contributed by atoms with E-state index in [2.05, 4.69) is 20.8 Å². The molecule has 1 aromatic carbocycles. The summed E-state index contributed by atoms with van der Waals surface area (Å²) in [7, 11) is 1.74. The number of hydrogen-bond acceptors (Lipinski definition) is 3. The van der Waals surface area contributed by atoms with Crippen molar-refractivity contribution < 1.29 is 4.74 Å². The molecule has 0 aromatic heterocycles. The van der Waals surface area contributed by atoms with Crippen LogP contribution in [0.25, 0.3) is 0 Å². The van der Waals surface area contributed by atoms with Crippen LogP contribution in [0.4, 0.5) is 5.69 Å². The van der Waals surface area contributed by atoms with Gasteiger partial charge < -0.3 is 15.4 Å². The van der Waals surface area contributed by atoms with Gasteiger partial charge in [0.25, 0.3) is 0 Å². The maximum atomic E-state index is 7.71. The zero-order valence-corrected chi connectivity index (χ0v) is 12.0. The number of amidine groups is 1. The Morgan fingerprint density at radius 1 is 1.61 bits per heavy atom. The molecule has 3 N–H and O–H groups in total. The van der Waals surface area contributed by atoms with Gasteiger partial charge in [0.2, 0.25) is 0 Å². The van der Waals surface area contributed by atoms with Crippen molar-refractivity contribution >= 4 is 27.5 Å². The second-order valence-corrected chi connectivity index (χ2v) is 5.46. The summed E-state index contributed by atoms with van der Waals surface area (Å²) in [4.78, 5) is 2.28. The monoisotopic (exact) mass is 311 g/mol. The highest BCUT2D eigenvalue weighted by molar-refractivity contribution is 9.10. The number of halogens is 1. The van der Waals surface area contributed by atoms with Crippen LogP contribution in [-0.4, -0.2) is 32.6 Å². The van der Waals surface area contributed by atoms with E-state index in [-0.39, 0.29) is 5.84 Å². The van der Waals surface area contributed by atoms with Crippen molar-refractivity contribution in [1.82, 2.24) is 0 Å². The SMILES string of the molecule is COCC1CCN(c2cccc(Br)c2C(=N)N)C1. The lowest BCUT2D eigenvalue weighted by molar-refractivity contribution is 0.161. The summed E-state index contributed by atoms with van der Waals surface area (Å²) in [6, 6.07) is 5.93. The second kappa shape index (κ2) is 5.71. The number of benzene rings is 1. The fraction of sp³-hybridized carbons (Fsp3) is 0.462. The van der Waals surface area contributed by atoms with Crippen molar-refractivity contribution in [2.75, 3.05) is 31.7 Å². The molecule has 1 atom stereocenters. The normalized spacial score (nSPS) is 19.2. The molecule has 0 bridgehead atoms. The van der Waals surface area contributed by atoms with Crippen molar-refractivity contribution in [2.45, 2.75) is 6.42 Å². The maximum Gasteiger partial charge on any atom is 0.126 e. The molecule has 0 radical (unpaired) electrons. The largest absolute Gasteiger partial charge is 0.384 e. The Bertz CT molecular complexity index is 450. The van der Waals surface area contributed by atoms with Crippen LogP contribution in [0.5, 0.6) is 0 Å². The molecule has 4 nitrogen and oxygen atoms in total. The van der Waals surface area contributed by atoms with E-state index in [4.69, 9.17) is 15.9 Å². The quantitative estimate of drug-likeness (QED) is 0.662. The smallest absolute Gasteiger partial charge is 0.126 e. The molecule has 1 fully saturated rings. The van der Waals surface area contributed by atoms with Gasteiger partial charge in [-0.05, 0) is 34.5 Å². The third-order valence-corrected chi connectivity index (χ3v) is 3.95. The molecule has 0 amide bonds. The molecule has 1 unspecified atom stereocenters. The highest BCUT2D eigenvalue weighted by Gasteiger charge is 2.25. The van der Waals surface area contributed by atoms with Crippen molar-refractivity contribution in [3.8, 4) is 0 Å². The van der Waals surface area contributed by atoms with Gasteiger partial charge in [-0.25, -0.2) is 0 Å². The molecule has 2 rings (SSSR count). The first-order valence-electron chi connectivity index (χ1n) is 6.00. The molecule has 1 aliphatic rings. The van der Waals surface area contributed by atoms with Crippen LogP contribution in [-0.2, 0) is 4.74 Å². The third-order valence-electron chi connectivity index (χ3n) is 3.29. The van der Waals surface area contributed by atoms with Crippen LogP contribution < -0.4 is 10.6 Å². The average Bonchev–Trinajstić information content (AvgIpc) is 2.77. The van der Waals surface area contributed by atoms with Crippen LogP contribution in [0.2, 0.25) is 0 Å². The van der Waals surface area contributed by atoms with E-state index in [9.17, 15) is 0 Å². The zero-order chi connectivity index (χ0) is 13.1. The topological polar surface area (TPSA) is 62.3 Å². The van der Waals surface area contributed by atoms with E-state index in [1.54, 1.807) is 7.11 Å². The molecular formula is C13H18BrN3O. The van der Waals surface area contributed by atoms with Crippen molar-refractivity contribution in [2.24, 2.45) is 11.7 Å². The van der Waals surface area contributed by atoms with E-state index in [1.165, 1.54) is 0 Å². The molecule has 1 aromatic rings. The number of rotatable bonds is 4. The number of ether oxygens (including phenoxy) is 1. The second-order valence-electron chi connectivity index (χ2n) is 4.60. The Morgan fingerprint density at radius 2 is 2.39 bits per heavy atom. The summed E-state index contributed by atoms with van der Waals surface area (Å²) < 4.78 is 6.09. The first-order chi connectivity index (χ1) is 8.63. The van der Waals surface area contributed by atoms with E-state index >= 15 is 0 Å². The predicted octanol–water partition coefficient (Wildman–Crippen LogP) is 2.21. The van der Waals surface area contributed by atoms with Gasteiger partial charge in [-0.3, -0.25) is 5.41 Å². The van der Waals surface area contributed by atoms with Crippen LogP contribution in [0.1, 0.15) is 12.0 Å². The molecular weight excluding hydrogens is 294 g/mol. The minimum absolute atomic E-state index is 0.104. The Morgan fingerprint density at radius 3 is 3.06 bits per heavy atom. The number of anilines is 1. The Labute approximate surface area is 116 Å². The van der Waals surface area contributed by atoms with Gasteiger partial charge in [0.1, 0.15) is 5.84 Å². The molecule has 0 aliphatic carbocycles. The van der Waals surface area contributed by atoms with Gasteiger partial charge in [0, 0.05) is 36.3 Å². The lowest BCUT2D eigenvalue weighted by atomic mass is 10.1. The Hall–Kier alpha value is -1.07. The number of methoxy groups -OCH3 is 1. The number of hydrogen-bond donors (Lipinski definition) is 2. The lowest BCUT2D eigenvalue weighted by Crippen LogP contribution is -2.25. The minimum Gasteiger partial charge on any atom is -0.384 e. The molecule has 1 heterocycles. The van der Waals surface area contributed by atoms with Gasteiger partial charge in [-0.1, -0.05) is 6.07 Å². The molecule has 0 saturated carbocycles. The summed E-state index contributed by atoms with van der Waals surface area (Å²) in [5.74, 6) is 0.668. The lowest BCUT2D eigenvalue weighted by Gasteiger charge is -2.22. The summed E-state index contributed by atoms with van der Waals surface area (Å²) in [5.41, 5.74) is 7.50. The summed E-state index contributed by atoms with van der Waals surface area (Å²) in [5, 5.41) is 7.71. The number of nitrogens with two attached hydrogens (primary N) is 1. The van der Waals surface area contributed by atoms with Crippen molar-refractivity contribution in [3.63, 3.8) is 0 Å². The molecule has 0 spiro atoms. The van der Waals surface area contributed by atoms with Crippen LogP contribution in [0, 0.1) is 11.3 Å². The highest BCUT2D eigenvalue weighted by atomic mass is 79.9. The van der Waals surface area contributed by atoms with E-state index < -0.39 is 0 Å². The van der Waals surface area contributed by atoms with Gasteiger partial charge in [-0.2, -0.15) is 0 Å². The van der Waals surface area contributed by atoms with Crippen LogP contribution in [0.15, 0.2) is 22.7 Å². The standard InChI is InChI=1S/C13H18BrN3O/c1-18-8-9-5-6-17(7-9)11-4-2-3-10(14)12(11)13(15)16/h2-4,9H,5-8H2,1H3,(H3,15,16). The molecule has 18 heavy (non-hydrogen) atoms. The first kappa shape index (κ1) is 13.4. The number of nitrogens with zero attached hydrogens (tertiary/aromatic N) is 1. The average molecular weight is 312 g/mol. The Balaban J connectivity index is 2.24. The van der Waals surface area contributed by atoms with Crippen molar-refractivity contribution in [1.29, 1.82) is 5.41 Å². The predicted molar refractivity (Wildman–Crippen MR) is 77.4 cm³/mol. The number of nitrogen functional groups attached to an aromatic ring is 1. The summed E-state index contributed by atoms with van der Waals surface area (Å²) >= 11 is 3.47. The molecule has 1 saturated heterocycles. The number of nitrogens with one attached hydrogen (secondary N) is 1. The van der Waals surface area contributed by atoms with Gasteiger partial charge in [-0.15, -0.1) is 0 Å². The van der Waals surface area contributed by atoms with Gasteiger partial charge >= 0.3 is 0 Å². The van der Waals surface area contributed by atoms with Crippen LogP contribution >= 0.6 is 15.9 Å². The minimum atomic E-state index is 0.104. The van der Waals surface area contributed by atoms with Crippen LogP contribution in [0.3, 0.4) is 0 Å². The van der Waals surface area contributed by atoms with Gasteiger partial charge in [0.05, 0.1) is 12.2 Å². The summed E-state index contributed by atoms with van der Waals surface area (Å²) in [6.07, 6.45) is 1.12.